The fourth-order valence-corrected chi connectivity index (χ4v) is 6.51. The van der Waals surface area contributed by atoms with Gasteiger partial charge in [-0.3, -0.25) is 0 Å². The second kappa shape index (κ2) is 3.17. The van der Waals surface area contributed by atoms with E-state index >= 15 is 0 Å². The van der Waals surface area contributed by atoms with Crippen LogP contribution in [0.5, 0.6) is 0 Å². The van der Waals surface area contributed by atoms with E-state index in [9.17, 15) is 0 Å². The fraction of sp³-hybridized carbons (Fsp3) is 0. The van der Waals surface area contributed by atoms with Gasteiger partial charge in [-0.15, -0.1) is 0 Å². The summed E-state index contributed by atoms with van der Waals surface area (Å²) in [7, 11) is 0. The zero-order valence-corrected chi connectivity index (χ0v) is 11.3. The summed E-state index contributed by atoms with van der Waals surface area (Å²) in [4.78, 5) is 0. The van der Waals surface area contributed by atoms with Crippen LogP contribution >= 0.6 is 61.6 Å². The van der Waals surface area contributed by atoms with E-state index in [4.69, 9.17) is 56.9 Å². The van der Waals surface area contributed by atoms with Gasteiger partial charge >= 0.3 is 107 Å². The second-order valence-corrected chi connectivity index (χ2v) is 14.1. The molecule has 0 atom stereocenters. The van der Waals surface area contributed by atoms with Crippen LogP contribution in [0.3, 0.4) is 0 Å². The van der Waals surface area contributed by atoms with Crippen molar-refractivity contribution in [2.24, 2.45) is 0 Å². The molecule has 1 heterocycles. The van der Waals surface area contributed by atoms with Crippen molar-refractivity contribution in [3.8, 4) is 0 Å². The van der Waals surface area contributed by atoms with E-state index in [1.54, 1.807) is 18.2 Å². The molecule has 0 aromatic heterocycles. The third-order valence-electron chi connectivity index (χ3n) is 2.04. The van der Waals surface area contributed by atoms with Gasteiger partial charge in [0.05, 0.1) is 0 Å². The summed E-state index contributed by atoms with van der Waals surface area (Å²) in [5.41, 5.74) is 0.719. The average molecular weight is 308 g/mol. The average Bonchev–Trinajstić information content (AvgIpc) is 2.27. The van der Waals surface area contributed by atoms with Gasteiger partial charge in [0.15, 0.2) is 0 Å². The van der Waals surface area contributed by atoms with Crippen molar-refractivity contribution in [1.29, 1.82) is 0 Å². The molecule has 1 aromatic carbocycles. The third-order valence-corrected chi connectivity index (χ3v) is 9.84. The number of fused-ring (bicyclic) bond motifs is 1. The van der Waals surface area contributed by atoms with E-state index in [1.165, 1.54) is 0 Å². The molecule has 14 heavy (non-hydrogen) atoms. The molecule has 1 aliphatic heterocycles. The van der Waals surface area contributed by atoms with Gasteiger partial charge in [-0.1, -0.05) is 0 Å². The van der Waals surface area contributed by atoms with Crippen LogP contribution in [0.2, 0.25) is 0 Å². The quantitative estimate of drug-likeness (QED) is 0.560. The van der Waals surface area contributed by atoms with Crippen molar-refractivity contribution in [3.63, 3.8) is 0 Å². The molecule has 76 valence electrons. The molecule has 0 unspecified atom stereocenters. The first-order valence-corrected chi connectivity index (χ1v) is 9.37. The Hall–Kier alpha value is 0.840. The number of halogens is 5. The van der Waals surface area contributed by atoms with E-state index in [2.05, 4.69) is 0 Å². The van der Waals surface area contributed by atoms with Crippen LogP contribution in [-0.2, 0) is 0 Å². The van der Waals surface area contributed by atoms with E-state index < -0.39 is 4.66 Å². The predicted molar refractivity (Wildman–Crippen MR) is 69.2 cm³/mol. The first kappa shape index (κ1) is 11.3. The maximum atomic E-state index is 6.19. The molecule has 0 saturated heterocycles. The predicted octanol–water partition coefficient (Wildman–Crippen LogP) is 5.44. The van der Waals surface area contributed by atoms with E-state index in [0.29, 0.717) is 10.3 Å². The van der Waals surface area contributed by atoms with Gasteiger partial charge in [-0.2, -0.15) is 0 Å². The van der Waals surface area contributed by atoms with Gasteiger partial charge in [0.25, 0.3) is 0 Å². The molecule has 1 aromatic rings. The molecule has 6 heteroatoms. The Balaban J connectivity index is 2.85. The molecular formula is C8H4Cl5P. The monoisotopic (exact) mass is 306 g/mol. The minimum absolute atomic E-state index is 0.156. The normalized spacial score (nSPS) is 25.4. The van der Waals surface area contributed by atoms with E-state index in [1.807, 2.05) is 6.07 Å². The van der Waals surface area contributed by atoms with E-state index in [-0.39, 0.29) is 4.77 Å². The summed E-state index contributed by atoms with van der Waals surface area (Å²) >= 11 is 30.5. The Labute approximate surface area is 106 Å². The molecule has 0 bridgehead atoms. The SMILES string of the molecule is ClC1=C(Cl)P(Cl)(Cl)(Cl)c2ccccc21. The van der Waals surface area contributed by atoms with Crippen molar-refractivity contribution >= 4 is 71.9 Å². The van der Waals surface area contributed by atoms with Gasteiger partial charge in [-0.25, -0.2) is 0 Å². The van der Waals surface area contributed by atoms with Crippen LogP contribution < -0.4 is 5.30 Å². The van der Waals surface area contributed by atoms with Crippen molar-refractivity contribution in [1.82, 2.24) is 0 Å². The number of hydrogen-bond donors (Lipinski definition) is 0. The van der Waals surface area contributed by atoms with Crippen LogP contribution in [0.1, 0.15) is 5.56 Å². The standard InChI is InChI=1S/C8H4Cl5P/c9-7-5-3-1-2-4-6(5)14(11,12,13)8(7)10/h1-4H. The summed E-state index contributed by atoms with van der Waals surface area (Å²) < 4.78 is -3.51. The zero-order valence-electron chi connectivity index (χ0n) is 6.65. The molecular weight excluding hydrogens is 304 g/mol. The number of hydrogen-bond acceptors (Lipinski definition) is 0. The molecule has 2 rings (SSSR count). The van der Waals surface area contributed by atoms with Crippen molar-refractivity contribution < 1.29 is 0 Å². The summed E-state index contributed by atoms with van der Waals surface area (Å²) in [6.07, 6.45) is 0. The first-order chi connectivity index (χ1) is 6.33. The molecule has 0 nitrogen and oxygen atoms in total. The van der Waals surface area contributed by atoms with Gasteiger partial charge in [0.1, 0.15) is 0 Å². The topological polar surface area (TPSA) is 0 Å². The third kappa shape index (κ3) is 1.40. The molecule has 0 saturated carbocycles. The van der Waals surface area contributed by atoms with Gasteiger partial charge < -0.3 is 0 Å². The zero-order chi connectivity index (χ0) is 10.6. The summed E-state index contributed by atoms with van der Waals surface area (Å²) in [6.45, 7) is 0. The molecule has 0 radical (unpaired) electrons. The number of rotatable bonds is 0. The van der Waals surface area contributed by atoms with Crippen LogP contribution in [-0.4, -0.2) is 0 Å². The Morgan fingerprint density at radius 1 is 0.929 bits per heavy atom. The molecule has 0 N–H and O–H groups in total. The molecule has 0 aliphatic carbocycles. The molecule has 0 fully saturated rings. The van der Waals surface area contributed by atoms with Crippen molar-refractivity contribution in [3.05, 3.63) is 34.6 Å². The second-order valence-electron chi connectivity index (χ2n) is 2.93. The Morgan fingerprint density at radius 2 is 1.50 bits per heavy atom. The van der Waals surface area contributed by atoms with Gasteiger partial charge in [0.2, 0.25) is 0 Å². The molecule has 0 spiro atoms. The van der Waals surface area contributed by atoms with Crippen LogP contribution in [0.4, 0.5) is 0 Å². The van der Waals surface area contributed by atoms with Crippen LogP contribution in [0.25, 0.3) is 5.03 Å². The minimum atomic E-state index is -3.67. The summed E-state index contributed by atoms with van der Waals surface area (Å²) in [5.74, 6) is 0. The van der Waals surface area contributed by atoms with Crippen molar-refractivity contribution in [2.45, 2.75) is 0 Å². The number of benzene rings is 1. The van der Waals surface area contributed by atoms with Gasteiger partial charge in [0, 0.05) is 0 Å². The summed E-state index contributed by atoms with van der Waals surface area (Å²) in [6, 6.07) is 7.17. The Kier molecular flexibility index (Phi) is 2.56. The summed E-state index contributed by atoms with van der Waals surface area (Å²) in [5, 5.41) is 0.971. The maximum absolute atomic E-state index is 6.19. The van der Waals surface area contributed by atoms with Gasteiger partial charge in [-0.05, 0) is 0 Å². The van der Waals surface area contributed by atoms with Crippen molar-refractivity contribution in [2.75, 3.05) is 0 Å². The van der Waals surface area contributed by atoms with E-state index in [0.717, 1.165) is 5.56 Å². The van der Waals surface area contributed by atoms with Crippen LogP contribution in [0, 0.1) is 0 Å². The fourth-order valence-electron chi connectivity index (χ4n) is 1.36. The Morgan fingerprint density at radius 3 is 2.07 bits per heavy atom. The van der Waals surface area contributed by atoms with Crippen LogP contribution in [0.15, 0.2) is 29.0 Å². The Bertz CT molecular complexity index is 443. The molecule has 0 amide bonds. The molecule has 1 aliphatic rings. The first-order valence-electron chi connectivity index (χ1n) is 3.66.